The molecule has 0 spiro atoms. The molecule has 0 aliphatic carbocycles. The lowest BCUT2D eigenvalue weighted by atomic mass is 10.1. The Labute approximate surface area is 157 Å². The van der Waals surface area contributed by atoms with Crippen molar-refractivity contribution >= 4 is 17.4 Å². The minimum atomic E-state index is -0.564. The molecule has 27 heavy (non-hydrogen) atoms. The topological polar surface area (TPSA) is 63.2 Å². The number of methoxy groups -OCH3 is 1. The number of hydrogen-bond acceptors (Lipinski definition) is 4. The SMILES string of the molecule is COc1cccc(CCNc2ccc(NC(=O)c3ccccc3F)nc2)c1. The third kappa shape index (κ3) is 5.04. The number of nitrogens with one attached hydrogen (secondary N) is 2. The first-order valence-corrected chi connectivity index (χ1v) is 8.54. The van der Waals surface area contributed by atoms with E-state index in [2.05, 4.69) is 15.6 Å². The zero-order chi connectivity index (χ0) is 19.1. The summed E-state index contributed by atoms with van der Waals surface area (Å²) in [6, 6.07) is 17.2. The number of amides is 1. The zero-order valence-electron chi connectivity index (χ0n) is 14.9. The first kappa shape index (κ1) is 18.4. The lowest BCUT2D eigenvalue weighted by molar-refractivity contribution is 0.102. The number of carbonyl (C=O) groups excluding carboxylic acids is 1. The Morgan fingerprint density at radius 2 is 1.96 bits per heavy atom. The van der Waals surface area contributed by atoms with Crippen LogP contribution in [0.25, 0.3) is 0 Å². The largest absolute Gasteiger partial charge is 0.497 e. The van der Waals surface area contributed by atoms with Gasteiger partial charge in [0.25, 0.3) is 5.91 Å². The number of hydrogen-bond donors (Lipinski definition) is 2. The van der Waals surface area contributed by atoms with E-state index in [9.17, 15) is 9.18 Å². The van der Waals surface area contributed by atoms with Crippen molar-refractivity contribution in [2.75, 3.05) is 24.3 Å². The van der Waals surface area contributed by atoms with E-state index >= 15 is 0 Å². The van der Waals surface area contributed by atoms with Crippen molar-refractivity contribution in [3.8, 4) is 5.75 Å². The van der Waals surface area contributed by atoms with Crippen LogP contribution in [0, 0.1) is 5.82 Å². The minimum absolute atomic E-state index is 0.0141. The van der Waals surface area contributed by atoms with Crippen LogP contribution in [-0.2, 0) is 6.42 Å². The van der Waals surface area contributed by atoms with Gasteiger partial charge in [0.2, 0.25) is 0 Å². The van der Waals surface area contributed by atoms with E-state index in [1.807, 2.05) is 30.3 Å². The van der Waals surface area contributed by atoms with Crippen molar-refractivity contribution in [1.29, 1.82) is 0 Å². The van der Waals surface area contributed by atoms with Crippen LogP contribution in [0.2, 0.25) is 0 Å². The van der Waals surface area contributed by atoms with E-state index in [0.717, 1.165) is 24.4 Å². The molecular weight excluding hydrogens is 345 g/mol. The van der Waals surface area contributed by atoms with Gasteiger partial charge >= 0.3 is 0 Å². The number of halogens is 1. The van der Waals surface area contributed by atoms with E-state index in [0.29, 0.717) is 5.82 Å². The molecule has 3 aromatic rings. The minimum Gasteiger partial charge on any atom is -0.497 e. The van der Waals surface area contributed by atoms with E-state index in [4.69, 9.17) is 4.74 Å². The molecule has 0 aliphatic heterocycles. The van der Waals surface area contributed by atoms with Crippen LogP contribution >= 0.6 is 0 Å². The van der Waals surface area contributed by atoms with Gasteiger partial charge in [-0.15, -0.1) is 0 Å². The summed E-state index contributed by atoms with van der Waals surface area (Å²) < 4.78 is 18.9. The third-order valence-corrected chi connectivity index (χ3v) is 4.00. The van der Waals surface area contributed by atoms with Gasteiger partial charge < -0.3 is 15.4 Å². The number of pyridine rings is 1. The molecule has 0 fully saturated rings. The van der Waals surface area contributed by atoms with E-state index in [1.54, 1.807) is 25.4 Å². The van der Waals surface area contributed by atoms with Gasteiger partial charge in [-0.25, -0.2) is 9.37 Å². The summed E-state index contributed by atoms with van der Waals surface area (Å²) >= 11 is 0. The van der Waals surface area contributed by atoms with Crippen molar-refractivity contribution in [3.63, 3.8) is 0 Å². The van der Waals surface area contributed by atoms with Gasteiger partial charge in [-0.2, -0.15) is 0 Å². The van der Waals surface area contributed by atoms with Crippen molar-refractivity contribution in [2.24, 2.45) is 0 Å². The molecule has 5 nitrogen and oxygen atoms in total. The maximum absolute atomic E-state index is 13.6. The molecule has 1 amide bonds. The zero-order valence-corrected chi connectivity index (χ0v) is 14.9. The average molecular weight is 365 g/mol. The second-order valence-electron chi connectivity index (χ2n) is 5.89. The van der Waals surface area contributed by atoms with E-state index < -0.39 is 11.7 Å². The molecule has 2 N–H and O–H groups in total. The number of rotatable bonds is 7. The number of anilines is 2. The van der Waals surface area contributed by atoms with Crippen molar-refractivity contribution in [2.45, 2.75) is 6.42 Å². The van der Waals surface area contributed by atoms with E-state index in [-0.39, 0.29) is 5.56 Å². The van der Waals surface area contributed by atoms with Crippen LogP contribution in [-0.4, -0.2) is 24.5 Å². The van der Waals surface area contributed by atoms with Crippen LogP contribution in [0.1, 0.15) is 15.9 Å². The Morgan fingerprint density at radius 3 is 2.70 bits per heavy atom. The number of ether oxygens (including phenoxy) is 1. The summed E-state index contributed by atoms with van der Waals surface area (Å²) in [5.74, 6) is 0.107. The van der Waals surface area contributed by atoms with Crippen molar-refractivity contribution in [3.05, 3.63) is 83.8 Å². The Balaban J connectivity index is 1.52. The Kier molecular flexibility index (Phi) is 5.99. The monoisotopic (exact) mass is 365 g/mol. The van der Waals surface area contributed by atoms with Gasteiger partial charge in [-0.3, -0.25) is 4.79 Å². The Morgan fingerprint density at radius 1 is 1.11 bits per heavy atom. The molecule has 0 saturated heterocycles. The number of carbonyl (C=O) groups is 1. The first-order chi connectivity index (χ1) is 13.2. The van der Waals surface area contributed by atoms with E-state index in [1.165, 1.54) is 23.8 Å². The predicted octanol–water partition coefficient (Wildman–Crippen LogP) is 4.14. The smallest absolute Gasteiger partial charge is 0.259 e. The standard InChI is InChI=1S/C21H20FN3O2/c1-27-17-6-4-5-15(13-17)11-12-23-16-9-10-20(24-14-16)25-21(26)18-7-2-3-8-19(18)22/h2-10,13-14,23H,11-12H2,1H3,(H,24,25,26). The van der Waals surface area contributed by atoms with Gasteiger partial charge in [-0.05, 0) is 48.4 Å². The number of aromatic nitrogens is 1. The molecule has 1 heterocycles. The lowest BCUT2D eigenvalue weighted by Gasteiger charge is -2.09. The molecule has 6 heteroatoms. The molecule has 0 atom stereocenters. The summed E-state index contributed by atoms with van der Waals surface area (Å²) in [4.78, 5) is 16.3. The quantitative estimate of drug-likeness (QED) is 0.661. The molecule has 0 radical (unpaired) electrons. The molecule has 2 aromatic carbocycles. The molecular formula is C21H20FN3O2. The first-order valence-electron chi connectivity index (χ1n) is 8.54. The Hall–Kier alpha value is -3.41. The Bertz CT molecular complexity index is 913. The summed E-state index contributed by atoms with van der Waals surface area (Å²) in [5, 5.41) is 5.87. The van der Waals surface area contributed by atoms with Crippen molar-refractivity contribution in [1.82, 2.24) is 4.98 Å². The molecule has 3 rings (SSSR count). The maximum atomic E-state index is 13.6. The fourth-order valence-corrected chi connectivity index (χ4v) is 2.58. The van der Waals surface area contributed by atoms with Gasteiger partial charge in [0.05, 0.1) is 24.6 Å². The van der Waals surface area contributed by atoms with Gasteiger partial charge in [0.15, 0.2) is 0 Å². The number of nitrogens with zero attached hydrogens (tertiary/aromatic N) is 1. The van der Waals surface area contributed by atoms with Crippen LogP contribution in [0.3, 0.4) is 0 Å². The highest BCUT2D eigenvalue weighted by molar-refractivity contribution is 6.03. The number of benzene rings is 2. The van der Waals surface area contributed by atoms with Gasteiger partial charge in [0.1, 0.15) is 17.4 Å². The van der Waals surface area contributed by atoms with Crippen LogP contribution in [0.5, 0.6) is 5.75 Å². The fraction of sp³-hybridized carbons (Fsp3) is 0.143. The molecule has 1 aromatic heterocycles. The predicted molar refractivity (Wildman–Crippen MR) is 104 cm³/mol. The van der Waals surface area contributed by atoms with Gasteiger partial charge in [0, 0.05) is 6.54 Å². The highest BCUT2D eigenvalue weighted by atomic mass is 19.1. The molecule has 0 unspecified atom stereocenters. The lowest BCUT2D eigenvalue weighted by Crippen LogP contribution is -2.14. The second kappa shape index (κ2) is 8.80. The van der Waals surface area contributed by atoms with Gasteiger partial charge in [-0.1, -0.05) is 24.3 Å². The summed E-state index contributed by atoms with van der Waals surface area (Å²) in [7, 11) is 1.65. The highest BCUT2D eigenvalue weighted by Crippen LogP contribution is 2.15. The average Bonchev–Trinajstić information content (AvgIpc) is 2.70. The summed E-state index contributed by atoms with van der Waals surface area (Å²) in [6.07, 6.45) is 2.46. The molecule has 0 bridgehead atoms. The highest BCUT2D eigenvalue weighted by Gasteiger charge is 2.11. The third-order valence-electron chi connectivity index (χ3n) is 4.00. The fourth-order valence-electron chi connectivity index (χ4n) is 2.58. The van der Waals surface area contributed by atoms with Crippen LogP contribution in [0.15, 0.2) is 66.9 Å². The molecule has 0 aliphatic rings. The summed E-state index contributed by atoms with van der Waals surface area (Å²) in [6.45, 7) is 0.732. The molecule has 138 valence electrons. The normalized spacial score (nSPS) is 10.3. The molecule has 0 saturated carbocycles. The van der Waals surface area contributed by atoms with Crippen molar-refractivity contribution < 1.29 is 13.9 Å². The second-order valence-corrected chi connectivity index (χ2v) is 5.89. The van der Waals surface area contributed by atoms with Crippen LogP contribution < -0.4 is 15.4 Å². The maximum Gasteiger partial charge on any atom is 0.259 e. The van der Waals surface area contributed by atoms with Crippen LogP contribution in [0.4, 0.5) is 15.9 Å². The summed E-state index contributed by atoms with van der Waals surface area (Å²) in [5.41, 5.74) is 1.99.